The summed E-state index contributed by atoms with van der Waals surface area (Å²) in [5.74, 6) is 2.62. The molecule has 1 amide bonds. The zero-order valence-corrected chi connectivity index (χ0v) is 17.0. The molecule has 4 rings (SSSR count). The zero-order valence-electron chi connectivity index (χ0n) is 15.4. The molecular weight excluding hydrogens is 416 g/mol. The second-order valence-corrected chi connectivity index (χ2v) is 7.44. The molecule has 2 heterocycles. The number of aromatic amines is 1. The first-order valence-electron chi connectivity index (χ1n) is 8.67. The minimum atomic E-state index is -0.126. The average Bonchev–Trinajstić information content (AvgIpc) is 3.39. The van der Waals surface area contributed by atoms with E-state index in [0.29, 0.717) is 45.4 Å². The Kier molecular flexibility index (Phi) is 5.77. The van der Waals surface area contributed by atoms with Crippen molar-refractivity contribution < 1.29 is 19.0 Å². The number of nitrogens with zero attached hydrogens (tertiary/aromatic N) is 2. The standard InChI is InChI=1S/C19H17ClN4O4S/c1-26-14-5-3-12(20)7-13(14)18-22-19(24-23-18)29-9-17(25)21-8-11-2-4-15-16(6-11)28-10-27-15/h2-7H,8-10H2,1H3,(H,21,25)(H,22,23,24). The number of methoxy groups -OCH3 is 1. The highest BCUT2D eigenvalue weighted by Gasteiger charge is 2.15. The number of thioether (sulfide) groups is 1. The molecular formula is C19H17ClN4O4S. The molecule has 1 aromatic heterocycles. The van der Waals surface area contributed by atoms with Gasteiger partial charge in [-0.05, 0) is 35.9 Å². The summed E-state index contributed by atoms with van der Waals surface area (Å²) in [6.07, 6.45) is 0. The molecule has 2 N–H and O–H groups in total. The van der Waals surface area contributed by atoms with E-state index in [9.17, 15) is 4.79 Å². The van der Waals surface area contributed by atoms with E-state index in [1.165, 1.54) is 11.8 Å². The second-order valence-electron chi connectivity index (χ2n) is 6.06. The Bertz CT molecular complexity index is 1040. The molecule has 29 heavy (non-hydrogen) atoms. The summed E-state index contributed by atoms with van der Waals surface area (Å²) in [5, 5.41) is 10.9. The number of hydrogen-bond acceptors (Lipinski definition) is 7. The molecule has 0 fully saturated rings. The lowest BCUT2D eigenvalue weighted by atomic mass is 10.2. The highest BCUT2D eigenvalue weighted by molar-refractivity contribution is 7.99. The van der Waals surface area contributed by atoms with Crippen molar-refractivity contribution in [2.75, 3.05) is 19.7 Å². The highest BCUT2D eigenvalue weighted by Crippen LogP contribution is 2.33. The maximum Gasteiger partial charge on any atom is 0.231 e. The Hall–Kier alpha value is -2.91. The van der Waals surface area contributed by atoms with Gasteiger partial charge in [-0.25, -0.2) is 4.98 Å². The van der Waals surface area contributed by atoms with E-state index in [1.807, 2.05) is 18.2 Å². The molecule has 1 aliphatic heterocycles. The monoisotopic (exact) mass is 432 g/mol. The van der Waals surface area contributed by atoms with Crippen LogP contribution in [0.1, 0.15) is 5.56 Å². The lowest BCUT2D eigenvalue weighted by molar-refractivity contribution is -0.118. The van der Waals surface area contributed by atoms with Crippen LogP contribution in [0.4, 0.5) is 0 Å². The van der Waals surface area contributed by atoms with Gasteiger partial charge in [0.05, 0.1) is 18.4 Å². The number of carbonyl (C=O) groups excluding carboxylic acids is 1. The Labute approximate surface area is 175 Å². The summed E-state index contributed by atoms with van der Waals surface area (Å²) in [6.45, 7) is 0.622. The largest absolute Gasteiger partial charge is 0.496 e. The maximum absolute atomic E-state index is 12.2. The van der Waals surface area contributed by atoms with Gasteiger partial charge in [-0.15, -0.1) is 5.10 Å². The van der Waals surface area contributed by atoms with Gasteiger partial charge < -0.3 is 19.5 Å². The predicted octanol–water partition coefficient (Wildman–Crippen LogP) is 3.27. The first-order valence-corrected chi connectivity index (χ1v) is 10.0. The van der Waals surface area contributed by atoms with Gasteiger partial charge in [-0.1, -0.05) is 29.4 Å². The molecule has 8 nitrogen and oxygen atoms in total. The summed E-state index contributed by atoms with van der Waals surface area (Å²) in [7, 11) is 1.57. The molecule has 0 radical (unpaired) electrons. The average molecular weight is 433 g/mol. The van der Waals surface area contributed by atoms with Crippen molar-refractivity contribution in [1.82, 2.24) is 20.5 Å². The molecule has 3 aromatic rings. The van der Waals surface area contributed by atoms with E-state index in [4.69, 9.17) is 25.8 Å². The minimum absolute atomic E-state index is 0.126. The summed E-state index contributed by atoms with van der Waals surface area (Å²) < 4.78 is 15.9. The fourth-order valence-electron chi connectivity index (χ4n) is 2.73. The molecule has 0 atom stereocenters. The Balaban J connectivity index is 1.32. The van der Waals surface area contributed by atoms with Gasteiger partial charge in [-0.2, -0.15) is 0 Å². The van der Waals surface area contributed by atoms with Gasteiger partial charge in [0.2, 0.25) is 17.9 Å². The third-order valence-corrected chi connectivity index (χ3v) is 5.22. The van der Waals surface area contributed by atoms with Crippen LogP contribution in [0, 0.1) is 0 Å². The predicted molar refractivity (Wildman–Crippen MR) is 109 cm³/mol. The van der Waals surface area contributed by atoms with Crippen LogP contribution >= 0.6 is 23.4 Å². The zero-order chi connectivity index (χ0) is 20.2. The third kappa shape index (κ3) is 4.57. The van der Waals surface area contributed by atoms with Gasteiger partial charge in [-0.3, -0.25) is 9.89 Å². The first-order chi connectivity index (χ1) is 14.1. The van der Waals surface area contributed by atoms with Crippen LogP contribution < -0.4 is 19.5 Å². The number of carbonyl (C=O) groups is 1. The van der Waals surface area contributed by atoms with Crippen LogP contribution in [0.25, 0.3) is 11.4 Å². The van der Waals surface area contributed by atoms with E-state index in [2.05, 4.69) is 20.5 Å². The molecule has 0 bridgehead atoms. The van der Waals surface area contributed by atoms with E-state index in [-0.39, 0.29) is 18.5 Å². The van der Waals surface area contributed by atoms with E-state index in [1.54, 1.807) is 25.3 Å². The van der Waals surface area contributed by atoms with E-state index in [0.717, 1.165) is 5.56 Å². The van der Waals surface area contributed by atoms with Crippen LogP contribution in [0.15, 0.2) is 41.6 Å². The number of aromatic nitrogens is 3. The Morgan fingerprint density at radius 1 is 1.28 bits per heavy atom. The number of rotatable bonds is 7. The number of halogens is 1. The van der Waals surface area contributed by atoms with Crippen molar-refractivity contribution in [1.29, 1.82) is 0 Å². The van der Waals surface area contributed by atoms with Gasteiger partial charge >= 0.3 is 0 Å². The second kappa shape index (κ2) is 8.62. The smallest absolute Gasteiger partial charge is 0.231 e. The van der Waals surface area contributed by atoms with Crippen LogP contribution in [0.2, 0.25) is 5.02 Å². The number of amides is 1. The molecule has 0 aliphatic carbocycles. The van der Waals surface area contributed by atoms with Crippen LogP contribution in [-0.2, 0) is 11.3 Å². The number of ether oxygens (including phenoxy) is 3. The van der Waals surface area contributed by atoms with Crippen molar-refractivity contribution in [3.05, 3.63) is 47.0 Å². The summed E-state index contributed by atoms with van der Waals surface area (Å²) in [5.41, 5.74) is 1.63. The molecule has 0 saturated heterocycles. The van der Waals surface area contributed by atoms with E-state index >= 15 is 0 Å². The quantitative estimate of drug-likeness (QED) is 0.553. The van der Waals surface area contributed by atoms with Gasteiger partial charge in [0.15, 0.2) is 17.3 Å². The van der Waals surface area contributed by atoms with Crippen molar-refractivity contribution in [2.24, 2.45) is 0 Å². The molecule has 0 spiro atoms. The van der Waals surface area contributed by atoms with Crippen molar-refractivity contribution >= 4 is 29.3 Å². The third-order valence-electron chi connectivity index (χ3n) is 4.14. The molecule has 2 aromatic carbocycles. The minimum Gasteiger partial charge on any atom is -0.496 e. The van der Waals surface area contributed by atoms with Gasteiger partial charge in [0.1, 0.15) is 5.75 Å². The SMILES string of the molecule is COc1ccc(Cl)cc1-c1nc(SCC(=O)NCc2ccc3c(c2)OCO3)n[nH]1. The van der Waals surface area contributed by atoms with Gasteiger partial charge in [0.25, 0.3) is 0 Å². The number of fused-ring (bicyclic) bond motifs is 1. The number of nitrogens with one attached hydrogen (secondary N) is 2. The normalized spacial score (nSPS) is 12.1. The first kappa shape index (κ1) is 19.4. The van der Waals surface area contributed by atoms with E-state index < -0.39 is 0 Å². The lowest BCUT2D eigenvalue weighted by Crippen LogP contribution is -2.24. The molecule has 10 heteroatoms. The van der Waals surface area contributed by atoms with Crippen molar-refractivity contribution in [2.45, 2.75) is 11.7 Å². The fourth-order valence-corrected chi connectivity index (χ4v) is 3.53. The van der Waals surface area contributed by atoms with Crippen LogP contribution in [-0.4, -0.2) is 40.7 Å². The highest BCUT2D eigenvalue weighted by atomic mass is 35.5. The number of hydrogen-bond donors (Lipinski definition) is 2. The topological polar surface area (TPSA) is 98.4 Å². The molecule has 0 unspecified atom stereocenters. The molecule has 150 valence electrons. The Morgan fingerprint density at radius 3 is 3.00 bits per heavy atom. The Morgan fingerprint density at radius 2 is 2.14 bits per heavy atom. The van der Waals surface area contributed by atoms with Crippen molar-refractivity contribution in [3.63, 3.8) is 0 Å². The maximum atomic E-state index is 12.2. The summed E-state index contributed by atoms with van der Waals surface area (Å²) >= 11 is 7.29. The summed E-state index contributed by atoms with van der Waals surface area (Å²) in [4.78, 5) is 16.6. The van der Waals surface area contributed by atoms with Crippen molar-refractivity contribution in [3.8, 4) is 28.6 Å². The molecule has 0 saturated carbocycles. The van der Waals surface area contributed by atoms with Crippen LogP contribution in [0.5, 0.6) is 17.2 Å². The summed E-state index contributed by atoms with van der Waals surface area (Å²) in [6, 6.07) is 10.8. The number of H-pyrrole nitrogens is 1. The van der Waals surface area contributed by atoms with Gasteiger partial charge in [0, 0.05) is 11.6 Å². The van der Waals surface area contributed by atoms with Crippen LogP contribution in [0.3, 0.4) is 0 Å². The molecule has 1 aliphatic rings. The lowest BCUT2D eigenvalue weighted by Gasteiger charge is -2.06. The fraction of sp³-hybridized carbons (Fsp3) is 0.211. The number of benzene rings is 2.